The number of piperazine rings is 1. The highest BCUT2D eigenvalue weighted by molar-refractivity contribution is 6.04. The van der Waals surface area contributed by atoms with E-state index in [4.69, 9.17) is 20.2 Å². The number of methoxy groups -OCH3 is 1. The average molecular weight is 561 g/mol. The van der Waals surface area contributed by atoms with E-state index in [1.54, 1.807) is 37.8 Å². The summed E-state index contributed by atoms with van der Waals surface area (Å²) >= 11 is 0. The number of esters is 1. The number of fused-ring (bicyclic) bond motifs is 1. The molecule has 0 saturated carbocycles. The van der Waals surface area contributed by atoms with Crippen molar-refractivity contribution in [3.63, 3.8) is 0 Å². The fourth-order valence-electron chi connectivity index (χ4n) is 5.50. The van der Waals surface area contributed by atoms with Gasteiger partial charge in [0.2, 0.25) is 5.91 Å². The second-order valence-electron chi connectivity index (χ2n) is 11.6. The van der Waals surface area contributed by atoms with Gasteiger partial charge < -0.3 is 25.0 Å². The molecule has 1 fully saturated rings. The van der Waals surface area contributed by atoms with E-state index in [1.807, 2.05) is 18.2 Å². The first kappa shape index (κ1) is 29.8. The lowest BCUT2D eigenvalue weighted by Gasteiger charge is -2.42. The Morgan fingerprint density at radius 3 is 2.46 bits per heavy atom. The summed E-state index contributed by atoms with van der Waals surface area (Å²) in [6.45, 7) is 11.1. The molecule has 218 valence electrons. The Morgan fingerprint density at radius 2 is 1.83 bits per heavy atom. The molecule has 2 atom stereocenters. The van der Waals surface area contributed by atoms with Crippen LogP contribution in [0.4, 0.5) is 5.69 Å². The molecule has 0 radical (unpaired) electrons. The number of pyridine rings is 1. The molecule has 1 aliphatic rings. The Kier molecular flexibility index (Phi) is 8.85. The second-order valence-corrected chi connectivity index (χ2v) is 11.6. The van der Waals surface area contributed by atoms with Gasteiger partial charge in [0.1, 0.15) is 16.9 Å². The van der Waals surface area contributed by atoms with Crippen LogP contribution in [0.25, 0.3) is 10.9 Å². The van der Waals surface area contributed by atoms with E-state index >= 15 is 0 Å². The Hall–Kier alpha value is -4.14. The first-order valence-electron chi connectivity index (χ1n) is 14.0. The Labute approximate surface area is 241 Å². The van der Waals surface area contributed by atoms with Crippen molar-refractivity contribution in [3.05, 3.63) is 65.4 Å². The summed E-state index contributed by atoms with van der Waals surface area (Å²) in [6.07, 6.45) is 0.0799. The van der Waals surface area contributed by atoms with Gasteiger partial charge in [-0.1, -0.05) is 24.3 Å². The van der Waals surface area contributed by atoms with Gasteiger partial charge in [0.15, 0.2) is 0 Å². The lowest BCUT2D eigenvalue weighted by atomic mass is 9.91. The highest BCUT2D eigenvalue weighted by Crippen LogP contribution is 2.36. The molecular weight excluding hydrogens is 520 g/mol. The third-order valence-corrected chi connectivity index (χ3v) is 7.28. The maximum Gasteiger partial charge on any atom is 0.306 e. The molecule has 2 unspecified atom stereocenters. The van der Waals surface area contributed by atoms with Gasteiger partial charge in [0.25, 0.3) is 5.91 Å². The number of nitrogens with zero attached hydrogens (tertiary/aromatic N) is 3. The van der Waals surface area contributed by atoms with Crippen molar-refractivity contribution in [1.82, 2.24) is 9.88 Å². The molecule has 1 saturated heterocycles. The number of aromatic nitrogens is 1. The second kappa shape index (κ2) is 12.2. The molecule has 1 aromatic heterocycles. The number of carbonyl (C=O) groups excluding carboxylic acids is 3. The van der Waals surface area contributed by atoms with Gasteiger partial charge in [-0.15, -0.1) is 0 Å². The third kappa shape index (κ3) is 6.78. The maximum atomic E-state index is 14.3. The lowest BCUT2D eigenvalue weighted by Crippen LogP contribution is -2.54. The van der Waals surface area contributed by atoms with E-state index in [2.05, 4.69) is 36.9 Å². The van der Waals surface area contributed by atoms with Gasteiger partial charge in [0.05, 0.1) is 24.2 Å². The van der Waals surface area contributed by atoms with E-state index in [0.717, 1.165) is 5.69 Å². The molecule has 9 heteroatoms. The molecule has 1 aliphatic heterocycles. The molecule has 4 rings (SSSR count). The number of carbonyl (C=O) groups is 3. The van der Waals surface area contributed by atoms with Crippen LogP contribution in [0.1, 0.15) is 68.1 Å². The van der Waals surface area contributed by atoms with E-state index < -0.39 is 23.4 Å². The van der Waals surface area contributed by atoms with E-state index in [0.29, 0.717) is 30.5 Å². The average Bonchev–Trinajstić information content (AvgIpc) is 2.91. The molecular formula is C32H40N4O5. The fourth-order valence-corrected chi connectivity index (χ4v) is 5.50. The summed E-state index contributed by atoms with van der Waals surface area (Å²) < 4.78 is 11.2. The zero-order valence-electron chi connectivity index (χ0n) is 24.8. The minimum Gasteiger partial charge on any atom is -0.495 e. The molecule has 41 heavy (non-hydrogen) atoms. The molecule has 0 spiro atoms. The normalized spacial score (nSPS) is 16.4. The number of para-hydroxylation sites is 1. The van der Waals surface area contributed by atoms with Gasteiger partial charge in [0, 0.05) is 43.2 Å². The van der Waals surface area contributed by atoms with Crippen LogP contribution in [0.3, 0.4) is 0 Å². The molecule has 9 nitrogen and oxygen atoms in total. The Bertz CT molecular complexity index is 1450. The number of primary amides is 1. The quantitative estimate of drug-likeness (QED) is 0.401. The van der Waals surface area contributed by atoms with Gasteiger partial charge in [-0.3, -0.25) is 19.4 Å². The number of anilines is 1. The number of amides is 2. The first-order valence-corrected chi connectivity index (χ1v) is 14.0. The molecule has 2 amide bonds. The zero-order chi connectivity index (χ0) is 29.9. The Morgan fingerprint density at radius 1 is 1.10 bits per heavy atom. The van der Waals surface area contributed by atoms with Crippen molar-refractivity contribution in [2.24, 2.45) is 5.73 Å². The van der Waals surface area contributed by atoms with Crippen LogP contribution in [0.15, 0.2) is 48.5 Å². The van der Waals surface area contributed by atoms with Gasteiger partial charge >= 0.3 is 5.97 Å². The highest BCUT2D eigenvalue weighted by atomic mass is 16.6. The number of nitrogens with two attached hydrogens (primary N) is 1. The first-order chi connectivity index (χ1) is 19.4. The lowest BCUT2D eigenvalue weighted by molar-refractivity contribution is -0.155. The van der Waals surface area contributed by atoms with Crippen molar-refractivity contribution >= 4 is 34.4 Å². The highest BCUT2D eigenvalue weighted by Gasteiger charge is 2.36. The van der Waals surface area contributed by atoms with Crippen LogP contribution in [-0.2, 0) is 14.3 Å². The molecule has 2 heterocycles. The fraction of sp³-hybridized carbons (Fsp3) is 0.438. The molecule has 2 aromatic carbocycles. The summed E-state index contributed by atoms with van der Waals surface area (Å²) in [7, 11) is 1.46. The summed E-state index contributed by atoms with van der Waals surface area (Å²) in [4.78, 5) is 48.7. The standard InChI is InChI=1S/C32H40N4O5/c1-20-10-9-11-22(18-20)36-17-16-35(19-21(36)2)31(39)24(14-15-26(37)41-32(3,4)5)28-27(30(33)38)29(40-6)23-12-7-8-13-25(23)34-28/h7-13,18,21,24H,14-17,19H2,1-6H3,(H2,33,38). The summed E-state index contributed by atoms with van der Waals surface area (Å²) in [5.41, 5.74) is 8.33. The number of hydrogen-bond acceptors (Lipinski definition) is 7. The van der Waals surface area contributed by atoms with Crippen LogP contribution in [0.5, 0.6) is 5.75 Å². The van der Waals surface area contributed by atoms with Gasteiger partial charge in [-0.05, 0) is 70.9 Å². The predicted octanol–water partition coefficient (Wildman–Crippen LogP) is 4.59. The third-order valence-electron chi connectivity index (χ3n) is 7.28. The summed E-state index contributed by atoms with van der Waals surface area (Å²) in [6, 6.07) is 15.6. The van der Waals surface area contributed by atoms with Gasteiger partial charge in [-0.2, -0.15) is 0 Å². The van der Waals surface area contributed by atoms with Crippen molar-refractivity contribution < 1.29 is 23.9 Å². The van der Waals surface area contributed by atoms with Gasteiger partial charge in [-0.25, -0.2) is 0 Å². The number of hydrogen-bond donors (Lipinski definition) is 1. The topological polar surface area (TPSA) is 115 Å². The van der Waals surface area contributed by atoms with Crippen LogP contribution >= 0.6 is 0 Å². The molecule has 0 aliphatic carbocycles. The summed E-state index contributed by atoms with van der Waals surface area (Å²) in [5.74, 6) is -2.02. The van der Waals surface area contributed by atoms with Crippen molar-refractivity contribution in [2.75, 3.05) is 31.6 Å². The number of benzene rings is 2. The Balaban J connectivity index is 1.71. The number of rotatable bonds is 8. The van der Waals surface area contributed by atoms with Crippen molar-refractivity contribution in [3.8, 4) is 5.75 Å². The van der Waals surface area contributed by atoms with Crippen LogP contribution in [-0.4, -0.2) is 66.1 Å². The monoisotopic (exact) mass is 560 g/mol. The minimum absolute atomic E-state index is 0.0263. The van der Waals surface area contributed by atoms with E-state index in [9.17, 15) is 14.4 Å². The van der Waals surface area contributed by atoms with E-state index in [-0.39, 0.29) is 41.8 Å². The zero-order valence-corrected chi connectivity index (χ0v) is 24.8. The number of ether oxygens (including phenoxy) is 2. The van der Waals surface area contributed by atoms with Crippen LogP contribution in [0, 0.1) is 6.92 Å². The van der Waals surface area contributed by atoms with Crippen molar-refractivity contribution in [2.45, 2.75) is 65.0 Å². The molecule has 0 bridgehead atoms. The smallest absolute Gasteiger partial charge is 0.306 e. The SMILES string of the molecule is COc1c(C(N)=O)c(C(CCC(=O)OC(C)(C)C)C(=O)N2CCN(c3cccc(C)c3)C(C)C2)nc2ccccc12. The molecule has 3 aromatic rings. The van der Waals surface area contributed by atoms with Crippen LogP contribution in [0.2, 0.25) is 0 Å². The maximum absolute atomic E-state index is 14.3. The predicted molar refractivity (Wildman–Crippen MR) is 159 cm³/mol. The number of aryl methyl sites for hydroxylation is 1. The summed E-state index contributed by atoms with van der Waals surface area (Å²) in [5, 5.41) is 0.617. The largest absolute Gasteiger partial charge is 0.495 e. The van der Waals surface area contributed by atoms with Crippen molar-refractivity contribution in [1.29, 1.82) is 0 Å². The van der Waals surface area contributed by atoms with Crippen LogP contribution < -0.4 is 15.4 Å². The van der Waals surface area contributed by atoms with E-state index in [1.165, 1.54) is 12.7 Å². The molecule has 2 N–H and O–H groups in total. The minimum atomic E-state index is -0.902.